The zero-order valence-electron chi connectivity index (χ0n) is 14.1. The molecule has 1 heterocycles. The molecule has 0 unspecified atom stereocenters. The highest BCUT2D eigenvalue weighted by Gasteiger charge is 2.19. The van der Waals surface area contributed by atoms with Crippen molar-refractivity contribution >= 4 is 17.7 Å². The minimum absolute atomic E-state index is 0.0126. The Bertz CT molecular complexity index is 532. The first-order valence-electron chi connectivity index (χ1n) is 7.63. The molecular weight excluding hydrogens is 298 g/mol. The van der Waals surface area contributed by atoms with Gasteiger partial charge in [-0.25, -0.2) is 0 Å². The summed E-state index contributed by atoms with van der Waals surface area (Å²) in [5.41, 5.74) is -0.337. The standard InChI is InChI=1S/C16H25N3O4/c1-5-19(11-13(20)18-16(2,3)4)14(21)8-9-17-15(22)12-7-6-10-23-12/h6-7,10H,5,8-9,11H2,1-4H3,(H,17,22)(H,18,20). The van der Waals surface area contributed by atoms with Crippen molar-refractivity contribution in [1.82, 2.24) is 15.5 Å². The minimum Gasteiger partial charge on any atom is -0.459 e. The number of likely N-dealkylation sites (N-methyl/N-ethyl adjacent to an activating group) is 1. The number of rotatable bonds is 7. The first-order chi connectivity index (χ1) is 10.7. The number of nitrogens with one attached hydrogen (secondary N) is 2. The Morgan fingerprint density at radius 1 is 1.26 bits per heavy atom. The summed E-state index contributed by atoms with van der Waals surface area (Å²) < 4.78 is 4.96. The third-order valence-electron chi connectivity index (χ3n) is 2.95. The molecule has 1 aromatic rings. The van der Waals surface area contributed by atoms with E-state index in [0.29, 0.717) is 6.54 Å². The average molecular weight is 323 g/mol. The van der Waals surface area contributed by atoms with Gasteiger partial charge in [-0.2, -0.15) is 0 Å². The summed E-state index contributed by atoms with van der Waals surface area (Å²) in [6.07, 6.45) is 1.54. The highest BCUT2D eigenvalue weighted by atomic mass is 16.3. The summed E-state index contributed by atoms with van der Waals surface area (Å²) in [4.78, 5) is 37.1. The first kappa shape index (κ1) is 18.7. The molecule has 0 aliphatic heterocycles. The minimum atomic E-state index is -0.365. The van der Waals surface area contributed by atoms with Crippen LogP contribution in [-0.4, -0.2) is 47.8 Å². The van der Waals surface area contributed by atoms with E-state index in [9.17, 15) is 14.4 Å². The number of furan rings is 1. The van der Waals surface area contributed by atoms with E-state index in [0.717, 1.165) is 0 Å². The van der Waals surface area contributed by atoms with Gasteiger partial charge in [-0.05, 0) is 39.8 Å². The van der Waals surface area contributed by atoms with E-state index in [1.165, 1.54) is 11.2 Å². The zero-order chi connectivity index (χ0) is 17.5. The van der Waals surface area contributed by atoms with Crippen molar-refractivity contribution in [2.24, 2.45) is 0 Å². The molecule has 0 aliphatic carbocycles. The molecule has 1 rings (SSSR count). The number of hydrogen-bond acceptors (Lipinski definition) is 4. The Hall–Kier alpha value is -2.31. The van der Waals surface area contributed by atoms with Crippen molar-refractivity contribution in [2.45, 2.75) is 39.7 Å². The molecular formula is C16H25N3O4. The van der Waals surface area contributed by atoms with Crippen LogP contribution in [0.5, 0.6) is 0 Å². The van der Waals surface area contributed by atoms with Crippen LogP contribution in [0.2, 0.25) is 0 Å². The van der Waals surface area contributed by atoms with Crippen LogP contribution in [0.25, 0.3) is 0 Å². The van der Waals surface area contributed by atoms with Crippen molar-refractivity contribution in [3.8, 4) is 0 Å². The van der Waals surface area contributed by atoms with Gasteiger partial charge in [0.2, 0.25) is 11.8 Å². The molecule has 0 aromatic carbocycles. The van der Waals surface area contributed by atoms with Crippen LogP contribution < -0.4 is 10.6 Å². The monoisotopic (exact) mass is 323 g/mol. The SMILES string of the molecule is CCN(CC(=O)NC(C)(C)C)C(=O)CCNC(=O)c1ccco1. The molecule has 128 valence electrons. The van der Waals surface area contributed by atoms with E-state index >= 15 is 0 Å². The Labute approximate surface area is 136 Å². The maximum absolute atomic E-state index is 12.1. The van der Waals surface area contributed by atoms with Gasteiger partial charge in [0.05, 0.1) is 12.8 Å². The highest BCUT2D eigenvalue weighted by Crippen LogP contribution is 2.01. The summed E-state index contributed by atoms with van der Waals surface area (Å²) >= 11 is 0. The number of hydrogen-bond donors (Lipinski definition) is 2. The molecule has 3 amide bonds. The number of carbonyl (C=O) groups is 3. The van der Waals surface area contributed by atoms with Crippen molar-refractivity contribution < 1.29 is 18.8 Å². The molecule has 0 radical (unpaired) electrons. The third kappa shape index (κ3) is 6.99. The first-order valence-corrected chi connectivity index (χ1v) is 7.63. The molecule has 23 heavy (non-hydrogen) atoms. The Kier molecular flexibility index (Phi) is 6.81. The average Bonchev–Trinajstić information content (AvgIpc) is 2.96. The quantitative estimate of drug-likeness (QED) is 0.788. The van der Waals surface area contributed by atoms with E-state index in [-0.39, 0.29) is 48.5 Å². The topological polar surface area (TPSA) is 91.7 Å². The second-order valence-corrected chi connectivity index (χ2v) is 6.19. The summed E-state index contributed by atoms with van der Waals surface area (Å²) in [7, 11) is 0. The van der Waals surface area contributed by atoms with Crippen LogP contribution >= 0.6 is 0 Å². The molecule has 0 aliphatic rings. The molecule has 0 bridgehead atoms. The predicted molar refractivity (Wildman–Crippen MR) is 85.8 cm³/mol. The fourth-order valence-corrected chi connectivity index (χ4v) is 1.94. The van der Waals surface area contributed by atoms with Crippen LogP contribution in [0.15, 0.2) is 22.8 Å². The van der Waals surface area contributed by atoms with E-state index < -0.39 is 0 Å². The van der Waals surface area contributed by atoms with Crippen molar-refractivity contribution in [3.05, 3.63) is 24.2 Å². The van der Waals surface area contributed by atoms with Crippen LogP contribution in [0.4, 0.5) is 0 Å². The van der Waals surface area contributed by atoms with Crippen molar-refractivity contribution in [2.75, 3.05) is 19.6 Å². The van der Waals surface area contributed by atoms with Gasteiger partial charge in [0.15, 0.2) is 5.76 Å². The van der Waals surface area contributed by atoms with E-state index in [2.05, 4.69) is 10.6 Å². The summed E-state index contributed by atoms with van der Waals surface area (Å²) in [6.45, 7) is 8.09. The maximum atomic E-state index is 12.1. The summed E-state index contributed by atoms with van der Waals surface area (Å²) in [6, 6.07) is 3.17. The zero-order valence-corrected chi connectivity index (χ0v) is 14.1. The van der Waals surface area contributed by atoms with Gasteiger partial charge in [-0.15, -0.1) is 0 Å². The molecule has 7 nitrogen and oxygen atoms in total. The second kappa shape index (κ2) is 8.36. The summed E-state index contributed by atoms with van der Waals surface area (Å²) in [5.74, 6) is -0.547. The largest absolute Gasteiger partial charge is 0.459 e. The van der Waals surface area contributed by atoms with Crippen LogP contribution in [-0.2, 0) is 9.59 Å². The maximum Gasteiger partial charge on any atom is 0.286 e. The van der Waals surface area contributed by atoms with Gasteiger partial charge in [-0.3, -0.25) is 14.4 Å². The lowest BCUT2D eigenvalue weighted by atomic mass is 10.1. The lowest BCUT2D eigenvalue weighted by Crippen LogP contribution is -2.47. The van der Waals surface area contributed by atoms with Gasteiger partial charge in [0.1, 0.15) is 0 Å². The van der Waals surface area contributed by atoms with E-state index in [1.807, 2.05) is 27.7 Å². The van der Waals surface area contributed by atoms with Crippen molar-refractivity contribution in [1.29, 1.82) is 0 Å². The van der Waals surface area contributed by atoms with E-state index in [4.69, 9.17) is 4.42 Å². The molecule has 0 spiro atoms. The molecule has 0 fully saturated rings. The lowest BCUT2D eigenvalue weighted by molar-refractivity contribution is -0.136. The van der Waals surface area contributed by atoms with Gasteiger partial charge in [-0.1, -0.05) is 0 Å². The Morgan fingerprint density at radius 2 is 1.96 bits per heavy atom. The molecule has 7 heteroatoms. The molecule has 0 saturated carbocycles. The third-order valence-corrected chi connectivity index (χ3v) is 2.95. The number of nitrogens with zero attached hydrogens (tertiary/aromatic N) is 1. The number of carbonyl (C=O) groups excluding carboxylic acids is 3. The lowest BCUT2D eigenvalue weighted by Gasteiger charge is -2.25. The van der Waals surface area contributed by atoms with Gasteiger partial charge in [0, 0.05) is 25.0 Å². The molecule has 0 atom stereocenters. The van der Waals surface area contributed by atoms with Crippen LogP contribution in [0.1, 0.15) is 44.7 Å². The smallest absolute Gasteiger partial charge is 0.286 e. The highest BCUT2D eigenvalue weighted by molar-refractivity contribution is 5.91. The molecule has 2 N–H and O–H groups in total. The van der Waals surface area contributed by atoms with E-state index in [1.54, 1.807) is 12.1 Å². The number of amides is 3. The fourth-order valence-electron chi connectivity index (χ4n) is 1.94. The van der Waals surface area contributed by atoms with Gasteiger partial charge in [0.25, 0.3) is 5.91 Å². The fraction of sp³-hybridized carbons (Fsp3) is 0.562. The summed E-state index contributed by atoms with van der Waals surface area (Å²) in [5, 5.41) is 5.42. The molecule has 0 saturated heterocycles. The van der Waals surface area contributed by atoms with Crippen LogP contribution in [0.3, 0.4) is 0 Å². The Balaban J connectivity index is 2.39. The van der Waals surface area contributed by atoms with Crippen LogP contribution in [0, 0.1) is 0 Å². The van der Waals surface area contributed by atoms with Gasteiger partial charge < -0.3 is 20.0 Å². The van der Waals surface area contributed by atoms with Gasteiger partial charge >= 0.3 is 0 Å². The second-order valence-electron chi connectivity index (χ2n) is 6.19. The van der Waals surface area contributed by atoms with Crippen molar-refractivity contribution in [3.63, 3.8) is 0 Å². The normalized spacial score (nSPS) is 11.0. The predicted octanol–water partition coefficient (Wildman–Crippen LogP) is 1.16. The Morgan fingerprint density at radius 3 is 2.48 bits per heavy atom. The molecule has 1 aromatic heterocycles.